The molecule has 1 rings (SSSR count). The SMILES string of the molecule is O=C(O)CC(=O)[N]c1cccnc1. The molecule has 0 bridgehead atoms. The van der Waals surface area contributed by atoms with Crippen LogP contribution in [0.2, 0.25) is 0 Å². The van der Waals surface area contributed by atoms with E-state index in [4.69, 9.17) is 5.11 Å². The van der Waals surface area contributed by atoms with Gasteiger partial charge in [0.2, 0.25) is 0 Å². The highest BCUT2D eigenvalue weighted by atomic mass is 16.4. The Morgan fingerprint density at radius 1 is 1.54 bits per heavy atom. The first kappa shape index (κ1) is 9.18. The van der Waals surface area contributed by atoms with Gasteiger partial charge >= 0.3 is 5.97 Å². The maximum Gasteiger partial charge on any atom is 0.312 e. The van der Waals surface area contributed by atoms with E-state index in [9.17, 15) is 9.59 Å². The smallest absolute Gasteiger partial charge is 0.312 e. The monoisotopic (exact) mass is 179 g/mol. The van der Waals surface area contributed by atoms with Gasteiger partial charge in [0.1, 0.15) is 6.42 Å². The van der Waals surface area contributed by atoms with Gasteiger partial charge in [0, 0.05) is 6.20 Å². The van der Waals surface area contributed by atoms with E-state index in [-0.39, 0.29) is 0 Å². The van der Waals surface area contributed by atoms with Gasteiger partial charge in [-0.05, 0) is 12.1 Å². The van der Waals surface area contributed by atoms with Crippen molar-refractivity contribution in [3.8, 4) is 0 Å². The molecule has 5 nitrogen and oxygen atoms in total. The molecular weight excluding hydrogens is 172 g/mol. The number of rotatable bonds is 3. The quantitative estimate of drug-likeness (QED) is 0.677. The van der Waals surface area contributed by atoms with Crippen LogP contribution in [0.1, 0.15) is 6.42 Å². The van der Waals surface area contributed by atoms with E-state index < -0.39 is 18.3 Å². The normalized spacial score (nSPS) is 9.23. The van der Waals surface area contributed by atoms with E-state index >= 15 is 0 Å². The molecule has 0 fully saturated rings. The first-order chi connectivity index (χ1) is 6.18. The van der Waals surface area contributed by atoms with Crippen LogP contribution >= 0.6 is 0 Å². The minimum absolute atomic E-state index is 0.369. The van der Waals surface area contributed by atoms with Crippen molar-refractivity contribution >= 4 is 17.6 Å². The van der Waals surface area contributed by atoms with Gasteiger partial charge in [0.15, 0.2) is 0 Å². The molecule has 5 heteroatoms. The molecule has 0 spiro atoms. The molecule has 1 N–H and O–H groups in total. The summed E-state index contributed by atoms with van der Waals surface area (Å²) in [5.74, 6) is -1.86. The summed E-state index contributed by atoms with van der Waals surface area (Å²) < 4.78 is 0. The molecule has 67 valence electrons. The van der Waals surface area contributed by atoms with E-state index in [0.29, 0.717) is 5.69 Å². The molecule has 1 aromatic rings. The van der Waals surface area contributed by atoms with Crippen LogP contribution in [0.25, 0.3) is 0 Å². The molecule has 0 aliphatic carbocycles. The molecule has 0 aliphatic heterocycles. The number of hydrogen-bond acceptors (Lipinski definition) is 3. The highest BCUT2D eigenvalue weighted by molar-refractivity contribution is 5.95. The van der Waals surface area contributed by atoms with Crippen molar-refractivity contribution in [1.82, 2.24) is 10.3 Å². The Hall–Kier alpha value is -1.91. The molecular formula is C8H7N2O3. The van der Waals surface area contributed by atoms with Crippen LogP contribution in [-0.4, -0.2) is 22.0 Å². The molecule has 0 unspecified atom stereocenters. The second-order valence-electron chi connectivity index (χ2n) is 2.29. The van der Waals surface area contributed by atoms with E-state index in [1.54, 1.807) is 18.3 Å². The van der Waals surface area contributed by atoms with E-state index in [0.717, 1.165) is 0 Å². The van der Waals surface area contributed by atoms with Gasteiger partial charge in [-0.25, -0.2) is 5.32 Å². The molecule has 0 aliphatic rings. The molecule has 0 atom stereocenters. The zero-order valence-electron chi connectivity index (χ0n) is 6.67. The van der Waals surface area contributed by atoms with Gasteiger partial charge in [-0.3, -0.25) is 14.6 Å². The number of carboxylic acid groups (broad SMARTS) is 1. The standard InChI is InChI=1S/C8H7N2O3/c11-7(4-8(12)13)10-6-2-1-3-9-5-6/h1-3,5H,4H2,(H,12,13). The van der Waals surface area contributed by atoms with Crippen LogP contribution in [0.15, 0.2) is 24.5 Å². The predicted molar refractivity (Wildman–Crippen MR) is 43.3 cm³/mol. The number of carbonyl (C=O) groups excluding carboxylic acids is 1. The fourth-order valence-electron chi connectivity index (χ4n) is 0.733. The van der Waals surface area contributed by atoms with Gasteiger partial charge in [0.05, 0.1) is 11.9 Å². The van der Waals surface area contributed by atoms with E-state index in [2.05, 4.69) is 10.3 Å². The lowest BCUT2D eigenvalue weighted by Crippen LogP contribution is -2.14. The van der Waals surface area contributed by atoms with Crippen molar-refractivity contribution < 1.29 is 14.7 Å². The second-order valence-corrected chi connectivity index (χ2v) is 2.29. The predicted octanol–water partition coefficient (Wildman–Crippen LogP) is 0.319. The fourth-order valence-corrected chi connectivity index (χ4v) is 0.733. The van der Waals surface area contributed by atoms with Crippen LogP contribution in [0.4, 0.5) is 5.69 Å². The van der Waals surface area contributed by atoms with Gasteiger partial charge < -0.3 is 5.11 Å². The Balaban J connectivity index is 2.50. The number of carbonyl (C=O) groups is 2. The summed E-state index contributed by atoms with van der Waals surface area (Å²) in [5, 5.41) is 11.8. The second kappa shape index (κ2) is 4.20. The molecule has 1 heterocycles. The molecule has 1 amide bonds. The van der Waals surface area contributed by atoms with Crippen LogP contribution < -0.4 is 5.32 Å². The third-order valence-electron chi connectivity index (χ3n) is 1.20. The van der Waals surface area contributed by atoms with Gasteiger partial charge in [-0.2, -0.15) is 0 Å². The molecule has 1 radical (unpaired) electrons. The molecule has 0 saturated carbocycles. The van der Waals surface area contributed by atoms with Crippen molar-refractivity contribution in [2.45, 2.75) is 6.42 Å². The van der Waals surface area contributed by atoms with Gasteiger partial charge in [-0.1, -0.05) is 0 Å². The van der Waals surface area contributed by atoms with E-state index in [1.165, 1.54) is 6.20 Å². The Bertz CT molecular complexity index is 310. The number of hydrogen-bond donors (Lipinski definition) is 1. The maximum atomic E-state index is 10.8. The summed E-state index contributed by atoms with van der Waals surface area (Å²) in [6, 6.07) is 3.19. The molecule has 1 aromatic heterocycles. The average Bonchev–Trinajstić information content (AvgIpc) is 2.04. The summed E-state index contributed by atoms with van der Waals surface area (Å²) in [7, 11) is 0. The number of pyridine rings is 1. The minimum atomic E-state index is -1.18. The Labute approximate surface area is 74.4 Å². The first-order valence-corrected chi connectivity index (χ1v) is 3.55. The zero-order valence-corrected chi connectivity index (χ0v) is 6.67. The molecule has 13 heavy (non-hydrogen) atoms. The van der Waals surface area contributed by atoms with Gasteiger partial charge in [0.25, 0.3) is 5.91 Å². The van der Waals surface area contributed by atoms with Gasteiger partial charge in [-0.15, -0.1) is 0 Å². The topological polar surface area (TPSA) is 81.4 Å². The largest absolute Gasteiger partial charge is 0.481 e. The molecule has 0 aromatic carbocycles. The summed E-state index contributed by atoms with van der Waals surface area (Å²) in [5.41, 5.74) is 0.369. The number of nitrogens with zero attached hydrogens (tertiary/aromatic N) is 2. The van der Waals surface area contributed by atoms with Crippen LogP contribution in [0.5, 0.6) is 0 Å². The van der Waals surface area contributed by atoms with Crippen molar-refractivity contribution in [2.24, 2.45) is 0 Å². The lowest BCUT2D eigenvalue weighted by molar-refractivity contribution is -0.140. The van der Waals surface area contributed by atoms with E-state index in [1.807, 2.05) is 0 Å². The first-order valence-electron chi connectivity index (χ1n) is 3.55. The number of aromatic nitrogens is 1. The van der Waals surface area contributed by atoms with Crippen molar-refractivity contribution in [2.75, 3.05) is 0 Å². The third kappa shape index (κ3) is 3.33. The lowest BCUT2D eigenvalue weighted by atomic mass is 10.3. The summed E-state index contributed by atoms with van der Waals surface area (Å²) in [6.45, 7) is 0. The maximum absolute atomic E-state index is 10.8. The highest BCUT2D eigenvalue weighted by Gasteiger charge is 2.08. The Morgan fingerprint density at radius 2 is 2.31 bits per heavy atom. The number of aliphatic carboxylic acids is 1. The van der Waals surface area contributed by atoms with Crippen molar-refractivity contribution in [1.29, 1.82) is 0 Å². The minimum Gasteiger partial charge on any atom is -0.481 e. The summed E-state index contributed by atoms with van der Waals surface area (Å²) in [6.07, 6.45) is 2.34. The highest BCUT2D eigenvalue weighted by Crippen LogP contribution is 2.03. The third-order valence-corrected chi connectivity index (χ3v) is 1.20. The van der Waals surface area contributed by atoms with Crippen LogP contribution in [-0.2, 0) is 9.59 Å². The molecule has 0 saturated heterocycles. The van der Waals surface area contributed by atoms with Crippen LogP contribution in [0, 0.1) is 0 Å². The van der Waals surface area contributed by atoms with Crippen molar-refractivity contribution in [3.63, 3.8) is 0 Å². The fraction of sp³-hybridized carbons (Fsp3) is 0.125. The zero-order chi connectivity index (χ0) is 9.68. The Kier molecular flexibility index (Phi) is 2.97. The Morgan fingerprint density at radius 3 is 2.85 bits per heavy atom. The van der Waals surface area contributed by atoms with Crippen molar-refractivity contribution in [3.05, 3.63) is 24.5 Å². The van der Waals surface area contributed by atoms with Crippen LogP contribution in [0.3, 0.4) is 0 Å². The summed E-state index contributed by atoms with van der Waals surface area (Å²) >= 11 is 0. The number of amides is 1. The average molecular weight is 179 g/mol. The lowest BCUT2D eigenvalue weighted by Gasteiger charge is -1.97. The number of carboxylic acids is 1. The summed E-state index contributed by atoms with van der Waals surface area (Å²) in [4.78, 5) is 24.7.